The van der Waals surface area contributed by atoms with Crippen molar-refractivity contribution in [2.24, 2.45) is 0 Å². The van der Waals surface area contributed by atoms with E-state index in [1.807, 2.05) is 36.4 Å². The number of hydrogen-bond donors (Lipinski definition) is 0. The van der Waals surface area contributed by atoms with Crippen LogP contribution in [0.15, 0.2) is 48.5 Å². The molecule has 4 nitrogen and oxygen atoms in total. The Labute approximate surface area is 196 Å². The lowest BCUT2D eigenvalue weighted by atomic mass is 10.1. The summed E-state index contributed by atoms with van der Waals surface area (Å²) in [4.78, 5) is 11.3. The van der Waals surface area contributed by atoms with Gasteiger partial charge in [-0.2, -0.15) is 0 Å². The van der Waals surface area contributed by atoms with Crippen LogP contribution in [0.4, 0.5) is 0 Å². The van der Waals surface area contributed by atoms with Crippen LogP contribution in [0.3, 0.4) is 0 Å². The van der Waals surface area contributed by atoms with Crippen molar-refractivity contribution >= 4 is 22.6 Å². The maximum atomic E-state index is 11.3. The average Bonchev–Trinajstić information content (AvgIpc) is 2.71. The Kier molecular flexibility index (Phi) is 10.2. The van der Waals surface area contributed by atoms with Crippen molar-refractivity contribution in [1.82, 2.24) is 0 Å². The highest BCUT2D eigenvalue weighted by atomic mass is 28.4. The smallest absolute Gasteiger partial charge is 0.308 e. The molecule has 0 unspecified atom stereocenters. The lowest BCUT2D eigenvalue weighted by molar-refractivity contribution is -0.131. The third-order valence-corrected chi connectivity index (χ3v) is 13.2. The van der Waals surface area contributed by atoms with E-state index in [-0.39, 0.29) is 5.97 Å². The number of unbranched alkanes of at least 4 members (excludes halogenated alkanes) is 1. The quantitative estimate of drug-likeness (QED) is 0.136. The molecule has 0 saturated carbocycles. The van der Waals surface area contributed by atoms with Gasteiger partial charge in [0.15, 0.2) is 16.6 Å². The van der Waals surface area contributed by atoms with E-state index >= 15 is 0 Å². The third kappa shape index (κ3) is 9.30. The zero-order valence-electron chi connectivity index (χ0n) is 20.7. The molecular formula is C26H40O4Si2. The predicted octanol–water partition coefficient (Wildman–Crippen LogP) is 7.00. The Morgan fingerprint density at radius 3 is 1.84 bits per heavy atom. The number of aryl methyl sites for hydroxylation is 2. The summed E-state index contributed by atoms with van der Waals surface area (Å²) in [6.45, 7) is 10.9. The molecule has 0 N–H and O–H groups in total. The van der Waals surface area contributed by atoms with Crippen LogP contribution in [0.25, 0.3) is 0 Å². The highest BCUT2D eigenvalue weighted by molar-refractivity contribution is 6.84. The molecule has 2 aromatic carbocycles. The molecule has 0 atom stereocenters. The fourth-order valence-electron chi connectivity index (χ4n) is 4.30. The van der Waals surface area contributed by atoms with Gasteiger partial charge in [0.2, 0.25) is 0 Å². The molecule has 176 valence electrons. The van der Waals surface area contributed by atoms with Gasteiger partial charge in [0.1, 0.15) is 11.5 Å². The molecule has 0 aliphatic carbocycles. The minimum Gasteiger partial charge on any atom is -0.496 e. The van der Waals surface area contributed by atoms with Gasteiger partial charge < -0.3 is 13.6 Å². The van der Waals surface area contributed by atoms with E-state index in [9.17, 15) is 4.79 Å². The van der Waals surface area contributed by atoms with Crippen LogP contribution in [0.2, 0.25) is 38.3 Å². The van der Waals surface area contributed by atoms with Crippen LogP contribution in [-0.4, -0.2) is 29.7 Å². The predicted molar refractivity (Wildman–Crippen MR) is 138 cm³/mol. The Balaban J connectivity index is 1.78. The number of esters is 1. The number of carbonyl (C=O) groups excluding carboxylic acids is 1. The highest BCUT2D eigenvalue weighted by Gasteiger charge is 2.32. The van der Waals surface area contributed by atoms with Crippen LogP contribution in [0.1, 0.15) is 37.3 Å². The van der Waals surface area contributed by atoms with Gasteiger partial charge in [-0.05, 0) is 87.2 Å². The number of carbonyl (C=O) groups is 1. The number of methoxy groups -OCH3 is 1. The van der Waals surface area contributed by atoms with Crippen LogP contribution < -0.4 is 9.47 Å². The SMILES string of the molecule is COc1ccccc1CCCC[Si](C)(C)O[Si](C)(C)CCCc1ccccc1OC(C)=O. The Morgan fingerprint density at radius 1 is 0.750 bits per heavy atom. The largest absolute Gasteiger partial charge is 0.496 e. The zero-order valence-corrected chi connectivity index (χ0v) is 22.7. The molecule has 0 bridgehead atoms. The summed E-state index contributed by atoms with van der Waals surface area (Å²) >= 11 is 0. The molecule has 32 heavy (non-hydrogen) atoms. The fourth-order valence-corrected chi connectivity index (χ4v) is 13.2. The Hall–Kier alpha value is -1.90. The van der Waals surface area contributed by atoms with Crippen molar-refractivity contribution in [3.05, 3.63) is 59.7 Å². The van der Waals surface area contributed by atoms with E-state index in [0.29, 0.717) is 5.75 Å². The molecule has 0 saturated heterocycles. The van der Waals surface area contributed by atoms with Crippen molar-refractivity contribution in [1.29, 1.82) is 0 Å². The van der Waals surface area contributed by atoms with Gasteiger partial charge in [0.25, 0.3) is 0 Å². The Bertz CT molecular complexity index is 864. The van der Waals surface area contributed by atoms with Crippen molar-refractivity contribution in [3.63, 3.8) is 0 Å². The molecule has 0 amide bonds. The van der Waals surface area contributed by atoms with Gasteiger partial charge in [-0.25, -0.2) is 0 Å². The van der Waals surface area contributed by atoms with Gasteiger partial charge in [0, 0.05) is 6.92 Å². The molecule has 6 heteroatoms. The topological polar surface area (TPSA) is 44.8 Å². The second-order valence-electron chi connectivity index (χ2n) is 9.70. The van der Waals surface area contributed by atoms with E-state index in [0.717, 1.165) is 43.0 Å². The number of rotatable bonds is 13. The maximum Gasteiger partial charge on any atom is 0.308 e. The summed E-state index contributed by atoms with van der Waals surface area (Å²) in [6.07, 6.45) is 5.36. The number of benzene rings is 2. The molecule has 2 aromatic rings. The summed E-state index contributed by atoms with van der Waals surface area (Å²) in [5.41, 5.74) is 2.39. The molecule has 0 aliphatic rings. The van der Waals surface area contributed by atoms with Crippen molar-refractivity contribution in [2.45, 2.75) is 77.3 Å². The molecule has 0 aromatic heterocycles. The first kappa shape index (κ1) is 26.4. The van der Waals surface area contributed by atoms with E-state index in [1.54, 1.807) is 7.11 Å². The molecular weight excluding hydrogens is 432 g/mol. The number of ether oxygens (including phenoxy) is 2. The monoisotopic (exact) mass is 472 g/mol. The first-order valence-corrected chi connectivity index (χ1v) is 17.9. The summed E-state index contributed by atoms with van der Waals surface area (Å²) in [5, 5.41) is 0. The van der Waals surface area contributed by atoms with Crippen LogP contribution >= 0.6 is 0 Å². The lowest BCUT2D eigenvalue weighted by Gasteiger charge is -2.34. The first-order valence-electron chi connectivity index (χ1n) is 11.7. The van der Waals surface area contributed by atoms with Gasteiger partial charge in [-0.3, -0.25) is 4.79 Å². The van der Waals surface area contributed by atoms with E-state index < -0.39 is 16.6 Å². The van der Waals surface area contributed by atoms with Gasteiger partial charge in [0.05, 0.1) is 7.11 Å². The summed E-state index contributed by atoms with van der Waals surface area (Å²) in [7, 11) is -1.71. The summed E-state index contributed by atoms with van der Waals surface area (Å²) in [6, 6.07) is 18.4. The maximum absolute atomic E-state index is 11.3. The summed E-state index contributed by atoms with van der Waals surface area (Å²) in [5.74, 6) is 1.41. The Morgan fingerprint density at radius 2 is 1.25 bits per heavy atom. The molecule has 0 radical (unpaired) electrons. The number of para-hydroxylation sites is 2. The van der Waals surface area contributed by atoms with Crippen molar-refractivity contribution < 1.29 is 18.4 Å². The second kappa shape index (κ2) is 12.4. The third-order valence-electron chi connectivity index (χ3n) is 5.67. The second-order valence-corrected chi connectivity index (χ2v) is 18.6. The molecule has 0 spiro atoms. The molecule has 0 fully saturated rings. The van der Waals surface area contributed by atoms with Crippen LogP contribution in [0.5, 0.6) is 11.5 Å². The molecule has 2 rings (SSSR count). The lowest BCUT2D eigenvalue weighted by Crippen LogP contribution is -2.44. The van der Waals surface area contributed by atoms with Crippen molar-refractivity contribution in [3.8, 4) is 11.5 Å². The highest BCUT2D eigenvalue weighted by Crippen LogP contribution is 2.27. The molecule has 0 aliphatic heterocycles. The zero-order chi connectivity index (χ0) is 23.6. The first-order chi connectivity index (χ1) is 15.1. The van der Waals surface area contributed by atoms with E-state index in [4.69, 9.17) is 13.6 Å². The fraction of sp³-hybridized carbons (Fsp3) is 0.500. The average molecular weight is 473 g/mol. The van der Waals surface area contributed by atoms with E-state index in [2.05, 4.69) is 38.3 Å². The van der Waals surface area contributed by atoms with Gasteiger partial charge >= 0.3 is 5.97 Å². The van der Waals surface area contributed by atoms with Crippen molar-refractivity contribution in [2.75, 3.05) is 7.11 Å². The minimum absolute atomic E-state index is 0.269. The normalized spacial score (nSPS) is 11.9. The van der Waals surface area contributed by atoms with E-state index in [1.165, 1.54) is 25.0 Å². The van der Waals surface area contributed by atoms with Crippen LogP contribution in [0, 0.1) is 0 Å². The summed E-state index contributed by atoms with van der Waals surface area (Å²) < 4.78 is 17.6. The van der Waals surface area contributed by atoms with Gasteiger partial charge in [-0.1, -0.05) is 42.8 Å². The number of hydrogen-bond acceptors (Lipinski definition) is 4. The molecule has 0 heterocycles. The van der Waals surface area contributed by atoms with Crippen LogP contribution in [-0.2, 0) is 21.8 Å². The van der Waals surface area contributed by atoms with Gasteiger partial charge in [-0.15, -0.1) is 0 Å². The standard InChI is InChI=1S/C26H40O4Si2/c1-22(27)29-26-19-10-8-15-24(26)17-13-21-32(5,6)30-31(3,4)20-12-11-16-23-14-7-9-18-25(23)28-2/h7-10,14-15,18-19H,11-13,16-17,20-21H2,1-6H3. The minimum atomic E-state index is -1.75.